The molecule has 0 aliphatic rings. The fourth-order valence-electron chi connectivity index (χ4n) is 2.61. The molecule has 0 aliphatic carbocycles. The second-order valence-electron chi connectivity index (χ2n) is 5.76. The molecular weight excluding hydrogens is 352 g/mol. The summed E-state index contributed by atoms with van der Waals surface area (Å²) in [5.74, 6) is -0.903. The molecule has 1 N–H and O–H groups in total. The SMILES string of the molecule is COC(=O)[C@@H](Cc1ccc2ccccc2n1)NC(=O)c1ccc(Cl)cc1. The number of halogens is 1. The predicted octanol–water partition coefficient (Wildman–Crippen LogP) is 3.40. The number of ether oxygens (including phenoxy) is 1. The van der Waals surface area contributed by atoms with E-state index in [1.165, 1.54) is 7.11 Å². The van der Waals surface area contributed by atoms with Gasteiger partial charge in [-0.1, -0.05) is 35.9 Å². The first kappa shape index (κ1) is 17.9. The fourth-order valence-corrected chi connectivity index (χ4v) is 2.74. The summed E-state index contributed by atoms with van der Waals surface area (Å²) in [6.45, 7) is 0. The van der Waals surface area contributed by atoms with Gasteiger partial charge >= 0.3 is 5.97 Å². The van der Waals surface area contributed by atoms with E-state index in [2.05, 4.69) is 10.3 Å². The number of benzene rings is 2. The third kappa shape index (κ3) is 4.18. The number of fused-ring (bicyclic) bond motifs is 1. The van der Waals surface area contributed by atoms with Gasteiger partial charge in [0.25, 0.3) is 5.91 Å². The molecule has 0 fully saturated rings. The van der Waals surface area contributed by atoms with Crippen LogP contribution in [0.15, 0.2) is 60.7 Å². The number of nitrogens with one attached hydrogen (secondary N) is 1. The standard InChI is InChI=1S/C20H17ClN2O3/c1-26-20(25)18(23-19(24)14-6-9-15(21)10-7-14)12-16-11-8-13-4-2-3-5-17(13)22-16/h2-11,18H,12H2,1H3,(H,23,24)/t18-/m1/s1. The van der Waals surface area contributed by atoms with Gasteiger partial charge in [0.15, 0.2) is 0 Å². The van der Waals surface area contributed by atoms with Crippen molar-refractivity contribution in [3.05, 3.63) is 76.9 Å². The topological polar surface area (TPSA) is 68.3 Å². The van der Waals surface area contributed by atoms with Crippen LogP contribution in [0.3, 0.4) is 0 Å². The van der Waals surface area contributed by atoms with Crippen molar-refractivity contribution in [2.24, 2.45) is 0 Å². The molecule has 3 rings (SSSR count). The normalized spacial score (nSPS) is 11.8. The van der Waals surface area contributed by atoms with Crippen LogP contribution in [-0.4, -0.2) is 30.0 Å². The summed E-state index contributed by atoms with van der Waals surface area (Å²) in [5.41, 5.74) is 1.93. The molecular formula is C20H17ClN2O3. The van der Waals surface area contributed by atoms with Gasteiger partial charge in [-0.25, -0.2) is 4.79 Å². The number of esters is 1. The Morgan fingerprint density at radius 1 is 1.08 bits per heavy atom. The Kier molecular flexibility index (Phi) is 5.49. The Labute approximate surface area is 156 Å². The van der Waals surface area contributed by atoms with Crippen molar-refractivity contribution in [2.45, 2.75) is 12.5 Å². The summed E-state index contributed by atoms with van der Waals surface area (Å²) < 4.78 is 4.83. The molecule has 5 nitrogen and oxygen atoms in total. The first-order valence-electron chi connectivity index (χ1n) is 8.06. The first-order chi connectivity index (χ1) is 12.6. The van der Waals surface area contributed by atoms with Gasteiger partial charge in [0.1, 0.15) is 6.04 Å². The van der Waals surface area contributed by atoms with Gasteiger partial charge < -0.3 is 10.1 Å². The third-order valence-corrected chi connectivity index (χ3v) is 4.22. The molecule has 0 saturated heterocycles. The molecule has 1 amide bonds. The molecule has 0 spiro atoms. The minimum Gasteiger partial charge on any atom is -0.467 e. The highest BCUT2D eigenvalue weighted by Gasteiger charge is 2.23. The molecule has 1 heterocycles. The second-order valence-corrected chi connectivity index (χ2v) is 6.19. The van der Waals surface area contributed by atoms with Crippen LogP contribution in [0.5, 0.6) is 0 Å². The Bertz CT molecular complexity index is 941. The lowest BCUT2D eigenvalue weighted by atomic mass is 10.1. The molecule has 0 saturated carbocycles. The van der Waals surface area contributed by atoms with Crippen molar-refractivity contribution >= 4 is 34.4 Å². The lowest BCUT2D eigenvalue weighted by Gasteiger charge is -2.16. The molecule has 0 radical (unpaired) electrons. The van der Waals surface area contributed by atoms with Gasteiger partial charge in [0.2, 0.25) is 0 Å². The number of methoxy groups -OCH3 is 1. The Hall–Kier alpha value is -2.92. The van der Waals surface area contributed by atoms with E-state index in [0.717, 1.165) is 10.9 Å². The van der Waals surface area contributed by atoms with Gasteiger partial charge in [-0.05, 0) is 36.4 Å². The van der Waals surface area contributed by atoms with E-state index >= 15 is 0 Å². The van der Waals surface area contributed by atoms with Gasteiger partial charge in [-0.15, -0.1) is 0 Å². The molecule has 26 heavy (non-hydrogen) atoms. The monoisotopic (exact) mass is 368 g/mol. The van der Waals surface area contributed by atoms with Crippen LogP contribution in [0.2, 0.25) is 5.02 Å². The zero-order chi connectivity index (χ0) is 18.5. The largest absolute Gasteiger partial charge is 0.467 e. The number of amides is 1. The van der Waals surface area contributed by atoms with Crippen LogP contribution in [0.4, 0.5) is 0 Å². The number of carbonyl (C=O) groups is 2. The van der Waals surface area contributed by atoms with Crippen molar-refractivity contribution in [2.75, 3.05) is 7.11 Å². The number of hydrogen-bond donors (Lipinski definition) is 1. The Morgan fingerprint density at radius 3 is 2.54 bits per heavy atom. The highest BCUT2D eigenvalue weighted by atomic mass is 35.5. The van der Waals surface area contributed by atoms with E-state index in [1.807, 2.05) is 36.4 Å². The van der Waals surface area contributed by atoms with E-state index in [0.29, 0.717) is 16.3 Å². The number of rotatable bonds is 5. The summed E-state index contributed by atoms with van der Waals surface area (Å²) in [4.78, 5) is 29.1. The number of para-hydroxylation sites is 1. The van der Waals surface area contributed by atoms with Crippen molar-refractivity contribution in [3.63, 3.8) is 0 Å². The van der Waals surface area contributed by atoms with Gasteiger partial charge in [-0.2, -0.15) is 0 Å². The molecule has 132 valence electrons. The second kappa shape index (κ2) is 7.97. The van der Waals surface area contributed by atoms with Gasteiger partial charge in [-0.3, -0.25) is 9.78 Å². The van der Waals surface area contributed by atoms with Gasteiger partial charge in [0, 0.05) is 28.1 Å². The zero-order valence-corrected chi connectivity index (χ0v) is 14.9. The van der Waals surface area contributed by atoms with Crippen molar-refractivity contribution in [1.29, 1.82) is 0 Å². The molecule has 3 aromatic rings. The predicted molar refractivity (Wildman–Crippen MR) is 100 cm³/mol. The Morgan fingerprint density at radius 2 is 1.81 bits per heavy atom. The average Bonchev–Trinajstić information content (AvgIpc) is 2.67. The van der Waals surface area contributed by atoms with Crippen molar-refractivity contribution in [1.82, 2.24) is 10.3 Å². The number of aromatic nitrogens is 1. The summed E-state index contributed by atoms with van der Waals surface area (Å²) in [5, 5.41) is 4.25. The molecule has 0 aliphatic heterocycles. The lowest BCUT2D eigenvalue weighted by Crippen LogP contribution is -2.43. The van der Waals surface area contributed by atoms with Crippen LogP contribution >= 0.6 is 11.6 Å². The molecule has 1 atom stereocenters. The minimum absolute atomic E-state index is 0.233. The third-order valence-electron chi connectivity index (χ3n) is 3.97. The van der Waals surface area contributed by atoms with E-state index in [-0.39, 0.29) is 12.3 Å². The first-order valence-corrected chi connectivity index (χ1v) is 8.43. The molecule has 2 aromatic carbocycles. The van der Waals surface area contributed by atoms with E-state index in [1.54, 1.807) is 24.3 Å². The van der Waals surface area contributed by atoms with Crippen molar-refractivity contribution in [3.8, 4) is 0 Å². The maximum absolute atomic E-state index is 12.4. The lowest BCUT2D eigenvalue weighted by molar-refractivity contribution is -0.142. The van der Waals surface area contributed by atoms with E-state index < -0.39 is 12.0 Å². The molecule has 0 bridgehead atoms. The van der Waals surface area contributed by atoms with Crippen LogP contribution in [0.1, 0.15) is 16.1 Å². The average molecular weight is 369 g/mol. The maximum Gasteiger partial charge on any atom is 0.328 e. The minimum atomic E-state index is -0.836. The maximum atomic E-state index is 12.4. The van der Waals surface area contributed by atoms with Crippen LogP contribution in [0.25, 0.3) is 10.9 Å². The van der Waals surface area contributed by atoms with Crippen LogP contribution in [-0.2, 0) is 16.0 Å². The van der Waals surface area contributed by atoms with Crippen molar-refractivity contribution < 1.29 is 14.3 Å². The smallest absolute Gasteiger partial charge is 0.328 e. The zero-order valence-electron chi connectivity index (χ0n) is 14.1. The highest BCUT2D eigenvalue weighted by Crippen LogP contribution is 2.14. The van der Waals surface area contributed by atoms with E-state index in [4.69, 9.17) is 16.3 Å². The number of hydrogen-bond acceptors (Lipinski definition) is 4. The highest BCUT2D eigenvalue weighted by molar-refractivity contribution is 6.30. The Balaban J connectivity index is 1.79. The summed E-state index contributed by atoms with van der Waals surface area (Å²) in [6.07, 6.45) is 0.233. The van der Waals surface area contributed by atoms with Crippen LogP contribution in [0, 0.1) is 0 Å². The summed E-state index contributed by atoms with van der Waals surface area (Å²) in [6, 6.07) is 17.1. The van der Waals surface area contributed by atoms with Crippen LogP contribution < -0.4 is 5.32 Å². The quantitative estimate of drug-likeness (QED) is 0.701. The summed E-state index contributed by atoms with van der Waals surface area (Å²) >= 11 is 5.84. The van der Waals surface area contributed by atoms with E-state index in [9.17, 15) is 9.59 Å². The molecule has 6 heteroatoms. The fraction of sp³-hybridized carbons (Fsp3) is 0.150. The molecule has 1 aromatic heterocycles. The van der Waals surface area contributed by atoms with Gasteiger partial charge in [0.05, 0.1) is 12.6 Å². The number of pyridine rings is 1. The molecule has 0 unspecified atom stereocenters. The number of nitrogens with zero attached hydrogens (tertiary/aromatic N) is 1. The summed E-state index contributed by atoms with van der Waals surface area (Å²) in [7, 11) is 1.29. The number of carbonyl (C=O) groups excluding carboxylic acids is 2.